The molecule has 0 bridgehead atoms. The fourth-order valence-electron chi connectivity index (χ4n) is 2.47. The van der Waals surface area contributed by atoms with E-state index in [4.69, 9.17) is 18.0 Å². The number of rotatable bonds is 4. The molecule has 0 saturated heterocycles. The van der Waals surface area contributed by atoms with E-state index < -0.39 is 0 Å². The topological polar surface area (TPSA) is 43.8 Å². The first kappa shape index (κ1) is 14.7. The Labute approximate surface area is 133 Å². The van der Waals surface area contributed by atoms with Crippen molar-refractivity contribution in [2.45, 2.75) is 13.5 Å². The van der Waals surface area contributed by atoms with Crippen LogP contribution in [0.5, 0.6) is 0 Å². The molecule has 0 spiro atoms. The molecule has 1 unspecified atom stereocenters. The normalized spacial score (nSPS) is 12.5. The highest BCUT2D eigenvalue weighted by Crippen LogP contribution is 2.27. The van der Waals surface area contributed by atoms with E-state index in [1.807, 2.05) is 35.8 Å². The van der Waals surface area contributed by atoms with Gasteiger partial charge in [0.2, 0.25) is 0 Å². The van der Waals surface area contributed by atoms with E-state index in [2.05, 4.69) is 4.98 Å². The minimum atomic E-state index is -0.290. The predicted molar refractivity (Wildman–Crippen MR) is 91.1 cm³/mol. The molecule has 2 N–H and O–H groups in total. The number of nitrogens with two attached hydrogens (primary N) is 1. The molecule has 0 aliphatic heterocycles. The van der Waals surface area contributed by atoms with Gasteiger partial charge in [-0.1, -0.05) is 43.4 Å². The van der Waals surface area contributed by atoms with Crippen LogP contribution in [0.25, 0.3) is 22.4 Å². The maximum absolute atomic E-state index is 14.2. The third-order valence-electron chi connectivity index (χ3n) is 3.71. The Balaban J connectivity index is 2.21. The molecule has 1 heterocycles. The quantitative estimate of drug-likeness (QED) is 0.746. The molecule has 3 nitrogen and oxygen atoms in total. The number of aromatic nitrogens is 2. The fraction of sp³-hybridized carbons (Fsp3) is 0.176. The first-order valence-corrected chi connectivity index (χ1v) is 7.48. The summed E-state index contributed by atoms with van der Waals surface area (Å²) in [6, 6.07) is 14.4. The lowest BCUT2D eigenvalue weighted by atomic mass is 10.1. The second kappa shape index (κ2) is 5.85. The van der Waals surface area contributed by atoms with E-state index in [1.165, 1.54) is 6.07 Å². The van der Waals surface area contributed by atoms with E-state index in [0.29, 0.717) is 22.9 Å². The monoisotopic (exact) mass is 313 g/mol. The average molecular weight is 313 g/mol. The largest absolute Gasteiger partial charge is 0.393 e. The SMILES string of the molecule is CC(Cn1c(-c2ccccc2F)nc2ccccc21)C(N)=S. The van der Waals surface area contributed by atoms with Crippen LogP contribution in [0.4, 0.5) is 4.39 Å². The number of benzene rings is 2. The average Bonchev–Trinajstić information content (AvgIpc) is 2.86. The molecule has 112 valence electrons. The number of nitrogens with zero attached hydrogens (tertiary/aromatic N) is 2. The van der Waals surface area contributed by atoms with Crippen molar-refractivity contribution in [1.29, 1.82) is 0 Å². The molecule has 3 aromatic rings. The second-order valence-electron chi connectivity index (χ2n) is 5.32. The van der Waals surface area contributed by atoms with Gasteiger partial charge in [0.25, 0.3) is 0 Å². The van der Waals surface area contributed by atoms with Gasteiger partial charge in [0.05, 0.1) is 21.6 Å². The number of halogens is 1. The molecule has 1 atom stereocenters. The molecular weight excluding hydrogens is 297 g/mol. The predicted octanol–water partition coefficient (Wildman–Crippen LogP) is 3.76. The minimum absolute atomic E-state index is 0.00173. The molecule has 3 rings (SSSR count). The zero-order valence-electron chi connectivity index (χ0n) is 12.2. The smallest absolute Gasteiger partial charge is 0.144 e. The third kappa shape index (κ3) is 2.60. The van der Waals surface area contributed by atoms with Gasteiger partial charge in [0.1, 0.15) is 11.6 Å². The molecule has 0 amide bonds. The number of hydrogen-bond donors (Lipinski definition) is 1. The van der Waals surface area contributed by atoms with Crippen molar-refractivity contribution in [2.75, 3.05) is 0 Å². The van der Waals surface area contributed by atoms with Crippen LogP contribution in [0.2, 0.25) is 0 Å². The van der Waals surface area contributed by atoms with E-state index in [0.717, 1.165) is 11.0 Å². The fourth-order valence-corrected chi connectivity index (χ4v) is 2.55. The highest BCUT2D eigenvalue weighted by molar-refractivity contribution is 7.80. The van der Waals surface area contributed by atoms with Crippen molar-refractivity contribution in [3.63, 3.8) is 0 Å². The molecule has 22 heavy (non-hydrogen) atoms. The molecule has 0 aliphatic carbocycles. The van der Waals surface area contributed by atoms with Crippen LogP contribution in [-0.4, -0.2) is 14.5 Å². The standard InChI is InChI=1S/C17H16FN3S/c1-11(16(19)22)10-21-15-9-5-4-8-14(15)20-17(21)12-6-2-3-7-13(12)18/h2-9,11H,10H2,1H3,(H2,19,22). The van der Waals surface area contributed by atoms with Crippen molar-refractivity contribution in [3.8, 4) is 11.4 Å². The van der Waals surface area contributed by atoms with Gasteiger partial charge in [0.15, 0.2) is 0 Å². The summed E-state index contributed by atoms with van der Waals surface area (Å²) in [5, 5.41) is 0. The summed E-state index contributed by atoms with van der Waals surface area (Å²) >= 11 is 5.07. The molecule has 5 heteroatoms. The van der Waals surface area contributed by atoms with Crippen molar-refractivity contribution in [1.82, 2.24) is 9.55 Å². The summed E-state index contributed by atoms with van der Waals surface area (Å²) in [5.41, 5.74) is 8.00. The van der Waals surface area contributed by atoms with Crippen LogP contribution in [0.3, 0.4) is 0 Å². The summed E-state index contributed by atoms with van der Waals surface area (Å²) in [6.07, 6.45) is 0. The number of para-hydroxylation sites is 2. The van der Waals surface area contributed by atoms with Gasteiger partial charge in [-0.25, -0.2) is 9.37 Å². The van der Waals surface area contributed by atoms with Crippen molar-refractivity contribution in [3.05, 3.63) is 54.3 Å². The lowest BCUT2D eigenvalue weighted by Gasteiger charge is -2.14. The van der Waals surface area contributed by atoms with E-state index >= 15 is 0 Å². The molecule has 0 saturated carbocycles. The molecule has 1 aromatic heterocycles. The lowest BCUT2D eigenvalue weighted by Crippen LogP contribution is -2.23. The van der Waals surface area contributed by atoms with Gasteiger partial charge in [-0.05, 0) is 24.3 Å². The number of hydrogen-bond acceptors (Lipinski definition) is 2. The minimum Gasteiger partial charge on any atom is -0.393 e. The lowest BCUT2D eigenvalue weighted by molar-refractivity contribution is 0.605. The molecule has 0 fully saturated rings. The van der Waals surface area contributed by atoms with Gasteiger partial charge in [-0.3, -0.25) is 0 Å². The summed E-state index contributed by atoms with van der Waals surface area (Å²) in [6.45, 7) is 2.53. The van der Waals surface area contributed by atoms with Crippen LogP contribution in [0.15, 0.2) is 48.5 Å². The van der Waals surface area contributed by atoms with Crippen LogP contribution < -0.4 is 5.73 Å². The Morgan fingerprint density at radius 1 is 1.23 bits per heavy atom. The molecule has 2 aromatic carbocycles. The van der Waals surface area contributed by atoms with Crippen LogP contribution in [-0.2, 0) is 6.54 Å². The molecular formula is C17H16FN3S. The van der Waals surface area contributed by atoms with E-state index in [1.54, 1.807) is 18.2 Å². The Morgan fingerprint density at radius 3 is 2.64 bits per heavy atom. The first-order chi connectivity index (χ1) is 10.6. The Kier molecular flexibility index (Phi) is 3.90. The number of fused-ring (bicyclic) bond motifs is 1. The Hall–Kier alpha value is -2.27. The van der Waals surface area contributed by atoms with E-state index in [-0.39, 0.29) is 11.7 Å². The molecule has 0 radical (unpaired) electrons. The highest BCUT2D eigenvalue weighted by Gasteiger charge is 2.17. The summed E-state index contributed by atoms with van der Waals surface area (Å²) in [5.74, 6) is 0.308. The zero-order valence-corrected chi connectivity index (χ0v) is 13.0. The van der Waals surface area contributed by atoms with Crippen molar-refractivity contribution < 1.29 is 4.39 Å². The highest BCUT2D eigenvalue weighted by atomic mass is 32.1. The second-order valence-corrected chi connectivity index (χ2v) is 5.79. The third-order valence-corrected chi connectivity index (χ3v) is 4.11. The maximum Gasteiger partial charge on any atom is 0.144 e. The molecule has 0 aliphatic rings. The first-order valence-electron chi connectivity index (χ1n) is 7.07. The van der Waals surface area contributed by atoms with Gasteiger partial charge >= 0.3 is 0 Å². The van der Waals surface area contributed by atoms with Gasteiger partial charge in [-0.2, -0.15) is 0 Å². The van der Waals surface area contributed by atoms with Crippen molar-refractivity contribution in [2.24, 2.45) is 11.7 Å². The van der Waals surface area contributed by atoms with Crippen LogP contribution >= 0.6 is 12.2 Å². The maximum atomic E-state index is 14.2. The van der Waals surface area contributed by atoms with Crippen molar-refractivity contribution >= 4 is 28.2 Å². The van der Waals surface area contributed by atoms with Gasteiger partial charge in [-0.15, -0.1) is 0 Å². The zero-order chi connectivity index (χ0) is 15.7. The van der Waals surface area contributed by atoms with Crippen LogP contribution in [0, 0.1) is 11.7 Å². The number of thiocarbonyl (C=S) groups is 1. The Bertz CT molecular complexity index is 841. The van der Waals surface area contributed by atoms with Gasteiger partial charge < -0.3 is 10.3 Å². The summed E-state index contributed by atoms with van der Waals surface area (Å²) in [4.78, 5) is 5.04. The summed E-state index contributed by atoms with van der Waals surface area (Å²) in [7, 11) is 0. The Morgan fingerprint density at radius 2 is 1.91 bits per heavy atom. The van der Waals surface area contributed by atoms with Gasteiger partial charge in [0, 0.05) is 12.5 Å². The number of imidazole rings is 1. The van der Waals surface area contributed by atoms with E-state index in [9.17, 15) is 4.39 Å². The van der Waals surface area contributed by atoms with Crippen LogP contribution in [0.1, 0.15) is 6.92 Å². The summed E-state index contributed by atoms with van der Waals surface area (Å²) < 4.78 is 16.2.